The average Bonchev–Trinajstić information content (AvgIpc) is 2.71. The molecule has 0 amide bonds. The summed E-state index contributed by atoms with van der Waals surface area (Å²) in [5.74, 6) is 0.694. The molecule has 2 rings (SSSR count). The molecule has 0 N–H and O–H groups in total. The molecule has 0 saturated carbocycles. The number of aromatic nitrogens is 4. The number of nitrogens with zero attached hydrogens (tertiary/aromatic N) is 4. The van der Waals surface area contributed by atoms with Gasteiger partial charge >= 0.3 is 0 Å². The van der Waals surface area contributed by atoms with Gasteiger partial charge in [-0.1, -0.05) is 13.8 Å². The van der Waals surface area contributed by atoms with E-state index in [1.54, 1.807) is 10.9 Å². The van der Waals surface area contributed by atoms with Crippen LogP contribution in [0.1, 0.15) is 47.2 Å². The second kappa shape index (κ2) is 4.68. The maximum absolute atomic E-state index is 11.0. The van der Waals surface area contributed by atoms with Crippen LogP contribution in [0.3, 0.4) is 0 Å². The zero-order valence-electron chi connectivity index (χ0n) is 11.0. The molecule has 0 radical (unpaired) electrons. The molecule has 0 aromatic carbocycles. The molecule has 0 saturated heterocycles. The van der Waals surface area contributed by atoms with Gasteiger partial charge in [-0.2, -0.15) is 5.10 Å². The Morgan fingerprint density at radius 1 is 1.22 bits per heavy atom. The predicted octanol–water partition coefficient (Wildman–Crippen LogP) is 2.22. The summed E-state index contributed by atoms with van der Waals surface area (Å²) in [5, 5.41) is 4.39. The van der Waals surface area contributed by atoms with Crippen molar-refractivity contribution in [1.82, 2.24) is 19.7 Å². The highest BCUT2D eigenvalue weighted by Crippen LogP contribution is 2.17. The van der Waals surface area contributed by atoms with Gasteiger partial charge in [0.25, 0.3) is 5.95 Å². The quantitative estimate of drug-likeness (QED) is 0.777. The summed E-state index contributed by atoms with van der Waals surface area (Å²) >= 11 is 0. The molecular formula is C13H16N4O. The number of hydrogen-bond acceptors (Lipinski definition) is 4. The standard InChI is InChI=1S/C13H16N4O/c1-8(2)12-11(7-18)6-17(16-12)13-14-9(3)5-10(4)15-13/h5-8H,1-4H3. The minimum absolute atomic E-state index is 0.192. The minimum atomic E-state index is 0.192. The van der Waals surface area contributed by atoms with Gasteiger partial charge in [-0.15, -0.1) is 0 Å². The number of carbonyl (C=O) groups is 1. The van der Waals surface area contributed by atoms with Crippen LogP contribution in [0.5, 0.6) is 0 Å². The third-order valence-corrected chi connectivity index (χ3v) is 2.62. The summed E-state index contributed by atoms with van der Waals surface area (Å²) in [6.07, 6.45) is 2.50. The van der Waals surface area contributed by atoms with Crippen molar-refractivity contribution in [2.75, 3.05) is 0 Å². The van der Waals surface area contributed by atoms with Gasteiger partial charge in [0.15, 0.2) is 6.29 Å². The van der Waals surface area contributed by atoms with Crippen LogP contribution >= 0.6 is 0 Å². The molecular weight excluding hydrogens is 228 g/mol. The van der Waals surface area contributed by atoms with Crippen molar-refractivity contribution in [1.29, 1.82) is 0 Å². The summed E-state index contributed by atoms with van der Waals surface area (Å²) in [6.45, 7) is 7.82. The highest BCUT2D eigenvalue weighted by molar-refractivity contribution is 5.76. The van der Waals surface area contributed by atoms with E-state index in [1.165, 1.54) is 0 Å². The van der Waals surface area contributed by atoms with Crippen molar-refractivity contribution >= 4 is 6.29 Å². The van der Waals surface area contributed by atoms with Gasteiger partial charge in [0.2, 0.25) is 0 Å². The van der Waals surface area contributed by atoms with Crippen LogP contribution in [0.2, 0.25) is 0 Å². The molecule has 18 heavy (non-hydrogen) atoms. The second-order valence-corrected chi connectivity index (χ2v) is 4.64. The molecule has 0 atom stereocenters. The van der Waals surface area contributed by atoms with E-state index in [-0.39, 0.29) is 5.92 Å². The van der Waals surface area contributed by atoms with E-state index < -0.39 is 0 Å². The molecule has 0 unspecified atom stereocenters. The van der Waals surface area contributed by atoms with E-state index in [1.807, 2.05) is 33.8 Å². The summed E-state index contributed by atoms with van der Waals surface area (Å²) < 4.78 is 1.57. The van der Waals surface area contributed by atoms with E-state index in [4.69, 9.17) is 0 Å². The lowest BCUT2D eigenvalue weighted by Crippen LogP contribution is -2.05. The lowest BCUT2D eigenvalue weighted by atomic mass is 10.1. The first-order valence-electron chi connectivity index (χ1n) is 5.88. The number of carbonyl (C=O) groups excluding carboxylic acids is 1. The molecule has 2 heterocycles. The van der Waals surface area contributed by atoms with Crippen LogP contribution in [0.25, 0.3) is 5.95 Å². The molecule has 2 aromatic heterocycles. The Balaban J connectivity index is 2.54. The van der Waals surface area contributed by atoms with Crippen molar-refractivity contribution in [2.45, 2.75) is 33.6 Å². The summed E-state index contributed by atoms with van der Waals surface area (Å²) in [5.41, 5.74) is 3.12. The van der Waals surface area contributed by atoms with Gasteiger partial charge in [-0.05, 0) is 25.8 Å². The smallest absolute Gasteiger partial charge is 0.250 e. The second-order valence-electron chi connectivity index (χ2n) is 4.64. The molecule has 0 aliphatic carbocycles. The van der Waals surface area contributed by atoms with E-state index >= 15 is 0 Å². The number of hydrogen-bond donors (Lipinski definition) is 0. The van der Waals surface area contributed by atoms with Crippen LogP contribution in [0, 0.1) is 13.8 Å². The van der Waals surface area contributed by atoms with Crippen molar-refractivity contribution in [3.05, 3.63) is 34.9 Å². The lowest BCUT2D eigenvalue weighted by Gasteiger charge is -2.03. The van der Waals surface area contributed by atoms with Crippen LogP contribution in [-0.4, -0.2) is 26.0 Å². The molecule has 2 aromatic rings. The Bertz CT molecular complexity index is 566. The first-order valence-corrected chi connectivity index (χ1v) is 5.88. The normalized spacial score (nSPS) is 10.9. The van der Waals surface area contributed by atoms with Crippen molar-refractivity contribution in [3.63, 3.8) is 0 Å². The predicted molar refractivity (Wildman–Crippen MR) is 68.1 cm³/mol. The first-order chi connectivity index (χ1) is 8.51. The van der Waals surface area contributed by atoms with Gasteiger partial charge < -0.3 is 0 Å². The van der Waals surface area contributed by atoms with E-state index in [0.29, 0.717) is 11.5 Å². The number of rotatable bonds is 3. The van der Waals surface area contributed by atoms with Crippen LogP contribution < -0.4 is 0 Å². The Hall–Kier alpha value is -2.04. The monoisotopic (exact) mass is 244 g/mol. The average molecular weight is 244 g/mol. The number of aryl methyl sites for hydroxylation is 2. The Morgan fingerprint density at radius 2 is 1.83 bits per heavy atom. The van der Waals surface area contributed by atoms with E-state index in [9.17, 15) is 4.79 Å². The lowest BCUT2D eigenvalue weighted by molar-refractivity contribution is 0.112. The molecule has 5 nitrogen and oxygen atoms in total. The third kappa shape index (κ3) is 2.30. The fourth-order valence-corrected chi connectivity index (χ4v) is 1.85. The molecule has 0 fully saturated rings. The maximum Gasteiger partial charge on any atom is 0.250 e. The van der Waals surface area contributed by atoms with Gasteiger partial charge in [0, 0.05) is 17.6 Å². The third-order valence-electron chi connectivity index (χ3n) is 2.62. The van der Waals surface area contributed by atoms with Gasteiger partial charge in [0.05, 0.1) is 11.3 Å². The zero-order valence-corrected chi connectivity index (χ0v) is 11.0. The molecule has 0 spiro atoms. The molecule has 0 bridgehead atoms. The van der Waals surface area contributed by atoms with Crippen molar-refractivity contribution in [2.24, 2.45) is 0 Å². The zero-order chi connectivity index (χ0) is 13.3. The molecule has 94 valence electrons. The minimum Gasteiger partial charge on any atom is -0.298 e. The van der Waals surface area contributed by atoms with E-state index in [2.05, 4.69) is 15.1 Å². The van der Waals surface area contributed by atoms with Crippen molar-refractivity contribution < 1.29 is 4.79 Å². The number of aldehydes is 1. The Kier molecular flexibility index (Phi) is 3.23. The van der Waals surface area contributed by atoms with Gasteiger partial charge in [-0.25, -0.2) is 14.6 Å². The highest BCUT2D eigenvalue weighted by atomic mass is 16.1. The fourth-order valence-electron chi connectivity index (χ4n) is 1.85. The van der Waals surface area contributed by atoms with E-state index in [0.717, 1.165) is 23.4 Å². The fraction of sp³-hybridized carbons (Fsp3) is 0.385. The summed E-state index contributed by atoms with van der Waals surface area (Å²) in [6, 6.07) is 1.90. The van der Waals surface area contributed by atoms with Crippen molar-refractivity contribution in [3.8, 4) is 5.95 Å². The van der Waals surface area contributed by atoms with Crippen LogP contribution in [-0.2, 0) is 0 Å². The SMILES string of the molecule is Cc1cc(C)nc(-n2cc(C=O)c(C(C)C)n2)n1. The summed E-state index contributed by atoms with van der Waals surface area (Å²) in [4.78, 5) is 19.7. The van der Waals surface area contributed by atoms with Crippen LogP contribution in [0.15, 0.2) is 12.3 Å². The first kappa shape index (κ1) is 12.4. The van der Waals surface area contributed by atoms with Gasteiger partial charge in [-0.3, -0.25) is 4.79 Å². The Morgan fingerprint density at radius 3 is 2.28 bits per heavy atom. The summed E-state index contributed by atoms with van der Waals surface area (Å²) in [7, 11) is 0. The molecule has 0 aliphatic rings. The maximum atomic E-state index is 11.0. The molecule has 5 heteroatoms. The largest absolute Gasteiger partial charge is 0.298 e. The topological polar surface area (TPSA) is 60.7 Å². The highest BCUT2D eigenvalue weighted by Gasteiger charge is 2.14. The van der Waals surface area contributed by atoms with Crippen LogP contribution in [0.4, 0.5) is 0 Å². The molecule has 0 aliphatic heterocycles. The van der Waals surface area contributed by atoms with Gasteiger partial charge in [0.1, 0.15) is 0 Å². The Labute approximate surface area is 106 Å².